The number of aromatic nitrogens is 3. The van der Waals surface area contributed by atoms with Crippen LogP contribution in [-0.4, -0.2) is 40.3 Å². The maximum atomic E-state index is 11.9. The first-order chi connectivity index (χ1) is 9.13. The minimum Gasteiger partial charge on any atom is -0.464 e. The van der Waals surface area contributed by atoms with Gasteiger partial charge in [-0.1, -0.05) is 0 Å². The van der Waals surface area contributed by atoms with Gasteiger partial charge < -0.3 is 9.64 Å². The molecule has 1 aromatic heterocycles. The summed E-state index contributed by atoms with van der Waals surface area (Å²) < 4.78 is 5.00. The van der Waals surface area contributed by atoms with Gasteiger partial charge in [-0.3, -0.25) is 9.78 Å². The molecule has 1 aliphatic rings. The van der Waals surface area contributed by atoms with Gasteiger partial charge >= 0.3 is 11.7 Å². The van der Waals surface area contributed by atoms with Crippen LogP contribution in [0, 0.1) is 0 Å². The number of nitrogens with zero attached hydrogens (tertiary/aromatic N) is 2. The molecule has 0 amide bonds. The Balaban J connectivity index is 2.31. The van der Waals surface area contributed by atoms with Crippen molar-refractivity contribution in [2.75, 3.05) is 18.1 Å². The summed E-state index contributed by atoms with van der Waals surface area (Å²) in [5.41, 5.74) is -1.27. The predicted molar refractivity (Wildman–Crippen MR) is 67.1 cm³/mol. The fraction of sp³-hybridized carbons (Fsp3) is 0.636. The third kappa shape index (κ3) is 2.83. The highest BCUT2D eigenvalue weighted by Crippen LogP contribution is 2.21. The Labute approximate surface area is 108 Å². The average molecular weight is 268 g/mol. The molecule has 2 rings (SSSR count). The molecule has 2 N–H and O–H groups in total. The van der Waals surface area contributed by atoms with E-state index >= 15 is 0 Å². The second-order valence-electron chi connectivity index (χ2n) is 4.29. The molecule has 1 unspecified atom stereocenters. The summed E-state index contributed by atoms with van der Waals surface area (Å²) in [6, 6.07) is -0.520. The predicted octanol–water partition coefficient (Wildman–Crippen LogP) is -0.620. The van der Waals surface area contributed by atoms with Crippen molar-refractivity contribution in [2.45, 2.75) is 32.2 Å². The number of piperidine rings is 1. The standard InChI is InChI=1S/C11H16N4O4/c1-2-19-10(17)7-5-3-4-6-15(7)8-9(16)12-11(18)14-13-8/h7H,2-6H2,1H3,(H2,12,14,16,18). The highest BCUT2D eigenvalue weighted by atomic mass is 16.5. The first-order valence-corrected chi connectivity index (χ1v) is 6.25. The van der Waals surface area contributed by atoms with E-state index < -0.39 is 17.3 Å². The van der Waals surface area contributed by atoms with Crippen molar-refractivity contribution in [2.24, 2.45) is 0 Å². The van der Waals surface area contributed by atoms with Crippen LogP contribution in [0.25, 0.3) is 0 Å². The molecule has 0 saturated carbocycles. The van der Waals surface area contributed by atoms with Crippen molar-refractivity contribution >= 4 is 11.8 Å². The van der Waals surface area contributed by atoms with Gasteiger partial charge in [-0.2, -0.15) is 0 Å². The fourth-order valence-electron chi connectivity index (χ4n) is 2.20. The van der Waals surface area contributed by atoms with E-state index in [0.29, 0.717) is 19.6 Å². The van der Waals surface area contributed by atoms with Crippen molar-refractivity contribution in [1.82, 2.24) is 15.2 Å². The maximum absolute atomic E-state index is 11.9. The lowest BCUT2D eigenvalue weighted by atomic mass is 10.0. The monoisotopic (exact) mass is 268 g/mol. The van der Waals surface area contributed by atoms with Gasteiger partial charge in [0.1, 0.15) is 6.04 Å². The molecule has 0 radical (unpaired) electrons. The van der Waals surface area contributed by atoms with E-state index in [1.54, 1.807) is 11.8 Å². The molecular weight excluding hydrogens is 252 g/mol. The molecule has 0 aliphatic carbocycles. The van der Waals surface area contributed by atoms with E-state index in [-0.39, 0.29) is 11.8 Å². The number of hydrogen-bond acceptors (Lipinski definition) is 6. The van der Waals surface area contributed by atoms with Crippen LogP contribution in [0.2, 0.25) is 0 Å². The zero-order chi connectivity index (χ0) is 13.8. The number of aromatic amines is 2. The third-order valence-corrected chi connectivity index (χ3v) is 3.03. The van der Waals surface area contributed by atoms with Gasteiger partial charge in [0.05, 0.1) is 6.61 Å². The van der Waals surface area contributed by atoms with Gasteiger partial charge in [0, 0.05) is 6.54 Å². The Bertz CT molecular complexity index is 564. The molecule has 8 heteroatoms. The molecule has 1 aromatic rings. The van der Waals surface area contributed by atoms with Crippen molar-refractivity contribution in [3.05, 3.63) is 20.8 Å². The first-order valence-electron chi connectivity index (χ1n) is 6.25. The molecular formula is C11H16N4O4. The molecule has 0 bridgehead atoms. The van der Waals surface area contributed by atoms with Crippen LogP contribution in [0.4, 0.5) is 5.82 Å². The Morgan fingerprint density at radius 1 is 1.47 bits per heavy atom. The van der Waals surface area contributed by atoms with Crippen molar-refractivity contribution < 1.29 is 9.53 Å². The average Bonchev–Trinajstić information content (AvgIpc) is 2.39. The van der Waals surface area contributed by atoms with Gasteiger partial charge in [-0.15, -0.1) is 5.10 Å². The number of nitrogens with one attached hydrogen (secondary N) is 2. The zero-order valence-electron chi connectivity index (χ0n) is 10.6. The van der Waals surface area contributed by atoms with Crippen LogP contribution < -0.4 is 16.1 Å². The lowest BCUT2D eigenvalue weighted by molar-refractivity contribution is -0.145. The van der Waals surface area contributed by atoms with Crippen LogP contribution in [0.15, 0.2) is 9.59 Å². The molecule has 8 nitrogen and oxygen atoms in total. The van der Waals surface area contributed by atoms with Gasteiger partial charge in [0.2, 0.25) is 5.82 Å². The largest absolute Gasteiger partial charge is 0.464 e. The lowest BCUT2D eigenvalue weighted by Crippen LogP contribution is -2.49. The van der Waals surface area contributed by atoms with Gasteiger partial charge in [0.15, 0.2) is 0 Å². The fourth-order valence-corrected chi connectivity index (χ4v) is 2.20. The molecule has 1 aliphatic heterocycles. The van der Waals surface area contributed by atoms with Crippen molar-refractivity contribution in [3.8, 4) is 0 Å². The Kier molecular flexibility index (Phi) is 3.98. The van der Waals surface area contributed by atoms with Gasteiger partial charge in [-0.05, 0) is 26.2 Å². The summed E-state index contributed by atoms with van der Waals surface area (Å²) in [5.74, 6) is -0.313. The van der Waals surface area contributed by atoms with Crippen LogP contribution >= 0.6 is 0 Å². The molecule has 19 heavy (non-hydrogen) atoms. The van der Waals surface area contributed by atoms with Crippen LogP contribution in [0.3, 0.4) is 0 Å². The molecule has 1 atom stereocenters. The molecule has 0 aromatic carbocycles. The maximum Gasteiger partial charge on any atom is 0.342 e. The highest BCUT2D eigenvalue weighted by Gasteiger charge is 2.32. The summed E-state index contributed by atoms with van der Waals surface area (Å²) in [6.45, 7) is 2.56. The number of carbonyl (C=O) groups is 1. The number of ether oxygens (including phenoxy) is 1. The van der Waals surface area contributed by atoms with E-state index in [9.17, 15) is 14.4 Å². The minimum absolute atomic E-state index is 0.0531. The Morgan fingerprint density at radius 3 is 2.95 bits per heavy atom. The lowest BCUT2D eigenvalue weighted by Gasteiger charge is -2.33. The topological polar surface area (TPSA) is 108 Å². The number of hydrogen-bond donors (Lipinski definition) is 2. The van der Waals surface area contributed by atoms with E-state index in [1.807, 2.05) is 0 Å². The number of rotatable bonds is 3. The normalized spacial score (nSPS) is 19.2. The van der Waals surface area contributed by atoms with Crippen molar-refractivity contribution in [3.63, 3.8) is 0 Å². The summed E-state index contributed by atoms with van der Waals surface area (Å²) in [5, 5.41) is 5.91. The van der Waals surface area contributed by atoms with E-state index in [2.05, 4.69) is 15.2 Å². The highest BCUT2D eigenvalue weighted by molar-refractivity contribution is 5.79. The number of anilines is 1. The van der Waals surface area contributed by atoms with E-state index in [4.69, 9.17) is 4.74 Å². The van der Waals surface area contributed by atoms with Crippen LogP contribution in [0.5, 0.6) is 0 Å². The second kappa shape index (κ2) is 5.68. The Hall–Kier alpha value is -2.12. The van der Waals surface area contributed by atoms with Gasteiger partial charge in [0.25, 0.3) is 5.56 Å². The SMILES string of the molecule is CCOC(=O)C1CCCCN1c1n[nH]c(=O)[nH]c1=O. The van der Waals surface area contributed by atoms with Gasteiger partial charge in [-0.25, -0.2) is 14.7 Å². The number of H-pyrrole nitrogens is 2. The summed E-state index contributed by atoms with van der Waals surface area (Å²) in [7, 11) is 0. The second-order valence-corrected chi connectivity index (χ2v) is 4.29. The molecule has 1 saturated heterocycles. The van der Waals surface area contributed by atoms with E-state index in [1.165, 1.54) is 0 Å². The third-order valence-electron chi connectivity index (χ3n) is 3.03. The first kappa shape index (κ1) is 13.3. The zero-order valence-corrected chi connectivity index (χ0v) is 10.6. The van der Waals surface area contributed by atoms with E-state index in [0.717, 1.165) is 12.8 Å². The number of carbonyl (C=O) groups excluding carboxylic acids is 1. The minimum atomic E-state index is -0.668. The Morgan fingerprint density at radius 2 is 2.26 bits per heavy atom. The smallest absolute Gasteiger partial charge is 0.342 e. The summed E-state index contributed by atoms with van der Waals surface area (Å²) in [4.78, 5) is 38.3. The van der Waals surface area contributed by atoms with Crippen LogP contribution in [-0.2, 0) is 9.53 Å². The molecule has 0 spiro atoms. The summed E-state index contributed by atoms with van der Waals surface area (Å²) >= 11 is 0. The number of esters is 1. The summed E-state index contributed by atoms with van der Waals surface area (Å²) in [6.07, 6.45) is 2.36. The van der Waals surface area contributed by atoms with Crippen molar-refractivity contribution in [1.29, 1.82) is 0 Å². The van der Waals surface area contributed by atoms with Crippen LogP contribution in [0.1, 0.15) is 26.2 Å². The molecule has 1 fully saturated rings. The molecule has 2 heterocycles. The quantitative estimate of drug-likeness (QED) is 0.707. The molecule has 104 valence electrons.